The van der Waals surface area contributed by atoms with Crippen LogP contribution in [0.2, 0.25) is 15.1 Å². The van der Waals surface area contributed by atoms with Crippen LogP contribution in [0.25, 0.3) is 0 Å². The lowest BCUT2D eigenvalue weighted by molar-refractivity contribution is -0.141. The summed E-state index contributed by atoms with van der Waals surface area (Å²) in [6, 6.07) is 17.9. The van der Waals surface area contributed by atoms with E-state index >= 15 is 4.79 Å². The fourth-order valence-electron chi connectivity index (χ4n) is 7.98. The maximum Gasteiger partial charge on any atom is 0.262 e. The van der Waals surface area contributed by atoms with Crippen LogP contribution in [0.15, 0.2) is 65.6 Å². The number of carbonyl (C=O) groups is 2. The van der Waals surface area contributed by atoms with Crippen molar-refractivity contribution in [3.8, 4) is 5.75 Å². The van der Waals surface area contributed by atoms with E-state index in [0.29, 0.717) is 49.1 Å². The fourth-order valence-corrected chi connectivity index (χ4v) is 10.3. The van der Waals surface area contributed by atoms with Gasteiger partial charge < -0.3 is 15.4 Å². The summed E-state index contributed by atoms with van der Waals surface area (Å²) in [5.74, 6) is -0.394. The molecular formula is C38H46Cl3N5O5S. The molecule has 14 heteroatoms. The topological polar surface area (TPSA) is 134 Å². The Balaban J connectivity index is 1.61. The van der Waals surface area contributed by atoms with E-state index in [9.17, 15) is 13.2 Å². The van der Waals surface area contributed by atoms with Crippen molar-refractivity contribution in [2.45, 2.75) is 87.5 Å². The largest absolute Gasteiger partial charge is 0.491 e. The summed E-state index contributed by atoms with van der Waals surface area (Å²) in [4.78, 5) is 29.0. The lowest BCUT2D eigenvalue weighted by Crippen LogP contribution is -2.61. The van der Waals surface area contributed by atoms with Crippen LogP contribution < -0.4 is 21.1 Å². The van der Waals surface area contributed by atoms with Gasteiger partial charge in [-0.1, -0.05) is 59.1 Å². The number of benzene rings is 3. The third kappa shape index (κ3) is 7.06. The van der Waals surface area contributed by atoms with Crippen LogP contribution >= 0.6 is 34.8 Å². The molecule has 3 fully saturated rings. The van der Waals surface area contributed by atoms with Crippen LogP contribution in [0.3, 0.4) is 0 Å². The van der Waals surface area contributed by atoms with Gasteiger partial charge in [-0.2, -0.15) is 4.31 Å². The molecule has 3 aromatic rings. The summed E-state index contributed by atoms with van der Waals surface area (Å²) >= 11 is 19.6. The third-order valence-electron chi connectivity index (χ3n) is 10.9. The molecule has 1 unspecified atom stereocenters. The van der Waals surface area contributed by atoms with Crippen LogP contribution in [0.1, 0.15) is 76.5 Å². The average Bonchev–Trinajstić information content (AvgIpc) is 3.72. The lowest BCUT2D eigenvalue weighted by atomic mass is 9.72. The predicted molar refractivity (Wildman–Crippen MR) is 204 cm³/mol. The maximum absolute atomic E-state index is 15.6. The highest BCUT2D eigenvalue weighted by Crippen LogP contribution is 2.52. The van der Waals surface area contributed by atoms with Crippen LogP contribution in [-0.2, 0) is 36.4 Å². The molecule has 3 saturated heterocycles. The van der Waals surface area contributed by atoms with Gasteiger partial charge >= 0.3 is 0 Å². The number of rotatable bonds is 10. The van der Waals surface area contributed by atoms with Crippen molar-refractivity contribution >= 4 is 56.6 Å². The second kappa shape index (κ2) is 14.7. The van der Waals surface area contributed by atoms with E-state index in [1.54, 1.807) is 29.2 Å². The number of sulfonamides is 1. The molecule has 0 saturated carbocycles. The van der Waals surface area contributed by atoms with Crippen molar-refractivity contribution in [3.63, 3.8) is 0 Å². The molecule has 280 valence electrons. The monoisotopic (exact) mass is 789 g/mol. The van der Waals surface area contributed by atoms with Gasteiger partial charge in [-0.3, -0.25) is 20.2 Å². The molecule has 3 aromatic carbocycles. The average molecular weight is 791 g/mol. The lowest BCUT2D eigenvalue weighted by Gasteiger charge is -2.41. The molecule has 0 aromatic heterocycles. The molecule has 2 amide bonds. The van der Waals surface area contributed by atoms with E-state index in [4.69, 9.17) is 45.3 Å². The number of hydrogen-bond acceptors (Lipinski definition) is 7. The van der Waals surface area contributed by atoms with Crippen LogP contribution in [-0.4, -0.2) is 61.7 Å². The Labute approximate surface area is 321 Å². The summed E-state index contributed by atoms with van der Waals surface area (Å²) in [6.45, 7) is 9.21. The van der Waals surface area contributed by atoms with Crippen molar-refractivity contribution < 1.29 is 22.7 Å². The number of hydrogen-bond donors (Lipinski definition) is 3. The van der Waals surface area contributed by atoms with Gasteiger partial charge in [-0.25, -0.2) is 8.42 Å². The Morgan fingerprint density at radius 2 is 1.37 bits per heavy atom. The Morgan fingerprint density at radius 1 is 0.865 bits per heavy atom. The first-order valence-electron chi connectivity index (χ1n) is 17.7. The van der Waals surface area contributed by atoms with Gasteiger partial charge in [-0.05, 0) is 101 Å². The normalized spacial score (nSPS) is 25.9. The molecular weight excluding hydrogens is 745 g/mol. The summed E-state index contributed by atoms with van der Waals surface area (Å²) in [5.41, 5.74) is 3.63. The first-order chi connectivity index (χ1) is 24.5. The zero-order valence-electron chi connectivity index (χ0n) is 29.8. The second-order valence-corrected chi connectivity index (χ2v) is 17.9. The summed E-state index contributed by atoms with van der Waals surface area (Å²) < 4.78 is 36.3. The smallest absolute Gasteiger partial charge is 0.262 e. The highest BCUT2D eigenvalue weighted by molar-refractivity contribution is 7.89. The standard InChI is InChI=1S/C38H46Cl3N5O5S/c1-24(2)51-32-23-31(41)33(52(49,50)46-17-5-6-18-46)22-30(32)38(35(48)45-19-15-25(16-20-45)21-34(42)47)43-36(3,26-7-11-28(39)12-8-26)37(4,44-38)27-9-13-29(40)14-10-27/h7-14,22-25,43-44H,5-6,15-21H2,1-4H3,(H2,42,47)/t36-,37+,38?. The molecule has 4 N–H and O–H groups in total. The van der Waals surface area contributed by atoms with E-state index in [0.717, 1.165) is 24.0 Å². The van der Waals surface area contributed by atoms with Gasteiger partial charge in [0, 0.05) is 54.3 Å². The molecule has 0 spiro atoms. The fraction of sp³-hybridized carbons (Fsp3) is 0.474. The van der Waals surface area contributed by atoms with Gasteiger partial charge in [0.2, 0.25) is 15.9 Å². The molecule has 52 heavy (non-hydrogen) atoms. The molecule has 3 aliphatic rings. The Morgan fingerprint density at radius 3 is 1.83 bits per heavy atom. The number of nitrogens with two attached hydrogens (primary N) is 1. The molecule has 3 heterocycles. The first kappa shape index (κ1) is 38.8. The number of nitrogens with one attached hydrogen (secondary N) is 2. The Kier molecular flexibility index (Phi) is 11.0. The SMILES string of the molecule is CC(C)Oc1cc(Cl)c(S(=O)(=O)N2CCCC2)cc1C1(C(=O)N2CCC(CC(N)=O)CC2)N[C@@](C)(c2ccc(Cl)cc2)[C@@](C)(c2ccc(Cl)cc2)N1. The molecule has 3 aliphatic heterocycles. The quantitative estimate of drug-likeness (QED) is 0.213. The predicted octanol–water partition coefficient (Wildman–Crippen LogP) is 6.51. The minimum Gasteiger partial charge on any atom is -0.491 e. The van der Waals surface area contributed by atoms with Crippen molar-refractivity contribution in [3.05, 3.63) is 92.4 Å². The van der Waals surface area contributed by atoms with E-state index < -0.39 is 26.8 Å². The van der Waals surface area contributed by atoms with Crippen LogP contribution in [0.5, 0.6) is 5.75 Å². The molecule has 3 atom stereocenters. The summed E-state index contributed by atoms with van der Waals surface area (Å²) in [7, 11) is -4.04. The number of piperidine rings is 1. The minimum atomic E-state index is -4.04. The van der Waals surface area contributed by atoms with Crippen molar-refractivity contribution in [1.82, 2.24) is 19.8 Å². The number of amides is 2. The van der Waals surface area contributed by atoms with Crippen LogP contribution in [0, 0.1) is 5.92 Å². The number of carbonyl (C=O) groups excluding carboxylic acids is 2. The van der Waals surface area contributed by atoms with Crippen molar-refractivity contribution in [1.29, 1.82) is 0 Å². The van der Waals surface area contributed by atoms with Gasteiger partial charge in [0.25, 0.3) is 5.91 Å². The third-order valence-corrected chi connectivity index (χ3v) is 13.8. The van der Waals surface area contributed by atoms with E-state index in [2.05, 4.69) is 10.6 Å². The minimum absolute atomic E-state index is 0.0000814. The van der Waals surface area contributed by atoms with Gasteiger partial charge in [0.1, 0.15) is 10.6 Å². The number of likely N-dealkylation sites (tertiary alicyclic amines) is 1. The van der Waals surface area contributed by atoms with Crippen molar-refractivity contribution in [2.75, 3.05) is 26.2 Å². The molecule has 0 aliphatic carbocycles. The van der Waals surface area contributed by atoms with Gasteiger partial charge in [0.15, 0.2) is 5.66 Å². The zero-order valence-corrected chi connectivity index (χ0v) is 32.9. The van der Waals surface area contributed by atoms with Gasteiger partial charge in [-0.15, -0.1) is 0 Å². The zero-order chi connectivity index (χ0) is 37.6. The van der Waals surface area contributed by atoms with Crippen LogP contribution in [0.4, 0.5) is 0 Å². The Bertz CT molecular complexity index is 1870. The van der Waals surface area contributed by atoms with Gasteiger partial charge in [0.05, 0.1) is 22.2 Å². The highest BCUT2D eigenvalue weighted by Gasteiger charge is 2.65. The van der Waals surface area contributed by atoms with Crippen molar-refractivity contribution in [2.24, 2.45) is 11.7 Å². The summed E-state index contributed by atoms with van der Waals surface area (Å²) in [6.07, 6.45) is 2.55. The van der Waals surface area contributed by atoms with E-state index in [1.807, 2.05) is 52.0 Å². The number of ether oxygens (including phenoxy) is 1. The highest BCUT2D eigenvalue weighted by atomic mass is 35.5. The number of nitrogens with zero attached hydrogens (tertiary/aromatic N) is 2. The summed E-state index contributed by atoms with van der Waals surface area (Å²) in [5, 5.41) is 8.65. The number of primary amides is 1. The first-order valence-corrected chi connectivity index (χ1v) is 20.3. The molecule has 0 bridgehead atoms. The number of halogens is 3. The molecule has 0 radical (unpaired) electrons. The van der Waals surface area contributed by atoms with E-state index in [1.165, 1.54) is 16.4 Å². The Hall–Kier alpha value is -2.90. The molecule has 10 nitrogen and oxygen atoms in total. The maximum atomic E-state index is 15.6. The molecule has 6 rings (SSSR count). The second-order valence-electron chi connectivity index (χ2n) is 14.7. The van der Waals surface area contributed by atoms with E-state index in [-0.39, 0.29) is 51.5 Å².